The van der Waals surface area contributed by atoms with E-state index < -0.39 is 0 Å². The zero-order valence-electron chi connectivity index (χ0n) is 17.1. The van der Waals surface area contributed by atoms with E-state index >= 15 is 0 Å². The van der Waals surface area contributed by atoms with Crippen molar-refractivity contribution >= 4 is 41.3 Å². The molecular weight excluding hydrogens is 513 g/mol. The number of nitrogens with one attached hydrogen (secondary N) is 1. The Morgan fingerprint density at radius 3 is 3.00 bits per heavy atom. The number of morpholine rings is 1. The molecule has 0 saturated carbocycles. The van der Waals surface area contributed by atoms with Gasteiger partial charge in [0.25, 0.3) is 0 Å². The number of ether oxygens (including phenoxy) is 1. The number of aryl methyl sites for hydroxylation is 1. The predicted octanol–water partition coefficient (Wildman–Crippen LogP) is 3.50. The molecule has 1 aliphatic heterocycles. The summed E-state index contributed by atoms with van der Waals surface area (Å²) in [5, 5.41) is 9.92. The maximum absolute atomic E-state index is 5.99. The topological polar surface area (TPSA) is 67.8 Å². The van der Waals surface area contributed by atoms with Crippen LogP contribution in [0, 0.1) is 0 Å². The molecule has 0 amide bonds. The number of hydrogen-bond donors (Lipinski definition) is 1. The number of furan rings is 1. The van der Waals surface area contributed by atoms with Crippen LogP contribution in [0.4, 0.5) is 0 Å². The normalized spacial score (nSPS) is 17.0. The molecular formula is C21H28IN5O2S. The Labute approximate surface area is 198 Å². The van der Waals surface area contributed by atoms with Crippen molar-refractivity contribution in [3.05, 3.63) is 64.5 Å². The van der Waals surface area contributed by atoms with Gasteiger partial charge in [0.05, 0.1) is 25.6 Å². The van der Waals surface area contributed by atoms with Gasteiger partial charge in [0, 0.05) is 56.2 Å². The Morgan fingerprint density at radius 2 is 2.27 bits per heavy atom. The van der Waals surface area contributed by atoms with Crippen LogP contribution in [0.5, 0.6) is 0 Å². The summed E-state index contributed by atoms with van der Waals surface area (Å²) in [6.07, 6.45) is 7.40. The molecule has 3 aromatic rings. The molecule has 4 rings (SSSR count). The minimum absolute atomic E-state index is 0. The van der Waals surface area contributed by atoms with Gasteiger partial charge in [-0.3, -0.25) is 9.67 Å². The molecule has 0 radical (unpaired) electrons. The van der Waals surface area contributed by atoms with E-state index in [2.05, 4.69) is 32.8 Å². The predicted molar refractivity (Wildman–Crippen MR) is 130 cm³/mol. The number of aliphatic imine (C=N–C) groups is 1. The van der Waals surface area contributed by atoms with Crippen LogP contribution in [0.3, 0.4) is 0 Å². The van der Waals surface area contributed by atoms with E-state index in [-0.39, 0.29) is 30.1 Å². The first-order valence-corrected chi connectivity index (χ1v) is 10.8. The third kappa shape index (κ3) is 6.32. The highest BCUT2D eigenvalue weighted by Gasteiger charge is 2.25. The van der Waals surface area contributed by atoms with Gasteiger partial charge in [-0.05, 0) is 23.6 Å². The summed E-state index contributed by atoms with van der Waals surface area (Å²) in [5.41, 5.74) is 1.10. The summed E-state index contributed by atoms with van der Waals surface area (Å²) < 4.78 is 13.3. The van der Waals surface area contributed by atoms with Crippen molar-refractivity contribution in [1.29, 1.82) is 0 Å². The second-order valence-corrected chi connectivity index (χ2v) is 8.08. The van der Waals surface area contributed by atoms with Crippen molar-refractivity contribution in [2.45, 2.75) is 18.9 Å². The Hall–Kier alpha value is -1.85. The number of halogens is 1. The average molecular weight is 541 g/mol. The van der Waals surface area contributed by atoms with Gasteiger partial charge >= 0.3 is 0 Å². The monoisotopic (exact) mass is 541 g/mol. The fourth-order valence-corrected chi connectivity index (χ4v) is 4.09. The molecule has 9 heteroatoms. The molecule has 0 aliphatic carbocycles. The fourth-order valence-electron chi connectivity index (χ4n) is 3.40. The van der Waals surface area contributed by atoms with E-state index in [0.29, 0.717) is 6.61 Å². The van der Waals surface area contributed by atoms with Crippen molar-refractivity contribution in [1.82, 2.24) is 20.0 Å². The molecule has 7 nitrogen and oxygen atoms in total. The van der Waals surface area contributed by atoms with Crippen molar-refractivity contribution in [2.24, 2.45) is 12.0 Å². The van der Waals surface area contributed by atoms with E-state index in [0.717, 1.165) is 56.3 Å². The Morgan fingerprint density at radius 1 is 1.33 bits per heavy atom. The quantitative estimate of drug-likeness (QED) is 0.282. The standard InChI is InChI=1S/C21H27N5O2S.HI/c1-25-15-17(14-24-25)20-16-26(10-12-28-20)21(22-8-6-18-4-2-11-27-18)23-9-7-19-5-3-13-29-19;/h2-5,11,13-15,20H,6-10,12,16H2,1H3,(H,22,23);1H. The van der Waals surface area contributed by atoms with Crippen molar-refractivity contribution in [2.75, 3.05) is 32.8 Å². The van der Waals surface area contributed by atoms with Crippen LogP contribution >= 0.6 is 35.3 Å². The third-order valence-electron chi connectivity index (χ3n) is 4.90. The molecule has 0 spiro atoms. The molecule has 1 fully saturated rings. The van der Waals surface area contributed by atoms with E-state index in [1.54, 1.807) is 17.6 Å². The zero-order valence-corrected chi connectivity index (χ0v) is 20.2. The molecule has 4 heterocycles. The molecule has 1 unspecified atom stereocenters. The summed E-state index contributed by atoms with van der Waals surface area (Å²) in [5.74, 6) is 1.91. The molecule has 1 saturated heterocycles. The van der Waals surface area contributed by atoms with E-state index in [9.17, 15) is 0 Å². The number of rotatable bonds is 7. The van der Waals surface area contributed by atoms with Gasteiger partial charge in [-0.25, -0.2) is 0 Å². The molecule has 3 aromatic heterocycles. The molecule has 1 N–H and O–H groups in total. The maximum atomic E-state index is 5.99. The van der Waals surface area contributed by atoms with Crippen LogP contribution in [0.2, 0.25) is 0 Å². The van der Waals surface area contributed by atoms with E-state index in [1.165, 1.54) is 4.88 Å². The maximum Gasteiger partial charge on any atom is 0.194 e. The number of hydrogen-bond acceptors (Lipinski definition) is 5. The smallest absolute Gasteiger partial charge is 0.194 e. The lowest BCUT2D eigenvalue weighted by Gasteiger charge is -2.35. The summed E-state index contributed by atoms with van der Waals surface area (Å²) in [4.78, 5) is 8.56. The largest absolute Gasteiger partial charge is 0.469 e. The zero-order chi connectivity index (χ0) is 19.9. The average Bonchev–Trinajstić information content (AvgIpc) is 3.50. The number of thiophene rings is 1. The SMILES string of the molecule is Cn1cc(C2CN(C(=NCCc3cccs3)NCCc3ccco3)CCO2)cn1.I. The van der Waals surface area contributed by atoms with Crippen LogP contribution in [-0.4, -0.2) is 53.4 Å². The number of aromatic nitrogens is 2. The lowest BCUT2D eigenvalue weighted by atomic mass is 10.1. The van der Waals surface area contributed by atoms with Gasteiger partial charge < -0.3 is 19.4 Å². The van der Waals surface area contributed by atoms with Gasteiger partial charge in [-0.2, -0.15) is 5.10 Å². The summed E-state index contributed by atoms with van der Waals surface area (Å²) in [6, 6.07) is 8.18. The third-order valence-corrected chi connectivity index (χ3v) is 5.83. The highest BCUT2D eigenvalue weighted by molar-refractivity contribution is 14.0. The summed E-state index contributed by atoms with van der Waals surface area (Å²) in [7, 11) is 1.93. The van der Waals surface area contributed by atoms with Crippen LogP contribution in [-0.2, 0) is 24.6 Å². The molecule has 0 bridgehead atoms. The highest BCUT2D eigenvalue weighted by atomic mass is 127. The molecule has 1 atom stereocenters. The van der Waals surface area contributed by atoms with Gasteiger partial charge in [-0.15, -0.1) is 35.3 Å². The van der Waals surface area contributed by atoms with E-state index in [4.69, 9.17) is 14.1 Å². The molecule has 162 valence electrons. The number of nitrogens with zero attached hydrogens (tertiary/aromatic N) is 4. The lowest BCUT2D eigenvalue weighted by molar-refractivity contribution is -0.00806. The summed E-state index contributed by atoms with van der Waals surface area (Å²) >= 11 is 1.78. The molecule has 1 aliphatic rings. The van der Waals surface area contributed by atoms with E-state index in [1.807, 2.05) is 36.3 Å². The molecule has 30 heavy (non-hydrogen) atoms. The highest BCUT2D eigenvalue weighted by Crippen LogP contribution is 2.21. The Kier molecular flexibility index (Phi) is 8.76. The van der Waals surface area contributed by atoms with Crippen LogP contribution < -0.4 is 5.32 Å². The first-order chi connectivity index (χ1) is 14.3. The minimum atomic E-state index is 0. The first-order valence-electron chi connectivity index (χ1n) is 9.96. The van der Waals surface area contributed by atoms with Crippen molar-refractivity contribution in [3.63, 3.8) is 0 Å². The second-order valence-electron chi connectivity index (χ2n) is 7.04. The summed E-state index contributed by atoms with van der Waals surface area (Å²) in [6.45, 7) is 3.79. The number of guanidine groups is 1. The van der Waals surface area contributed by atoms with Crippen LogP contribution in [0.25, 0.3) is 0 Å². The van der Waals surface area contributed by atoms with Crippen LogP contribution in [0.1, 0.15) is 22.3 Å². The van der Waals surface area contributed by atoms with Gasteiger partial charge in [0.2, 0.25) is 0 Å². The minimum Gasteiger partial charge on any atom is -0.469 e. The van der Waals surface area contributed by atoms with Crippen molar-refractivity contribution < 1.29 is 9.15 Å². The fraction of sp³-hybridized carbons (Fsp3) is 0.429. The first kappa shape index (κ1) is 22.8. The van der Waals surface area contributed by atoms with Gasteiger partial charge in [0.15, 0.2) is 5.96 Å². The van der Waals surface area contributed by atoms with Gasteiger partial charge in [0.1, 0.15) is 11.9 Å². The Balaban J connectivity index is 0.00000256. The Bertz CT molecular complexity index is 895. The van der Waals surface area contributed by atoms with Crippen LogP contribution in [0.15, 0.2) is 57.7 Å². The lowest BCUT2D eigenvalue weighted by Crippen LogP contribution is -2.48. The second kappa shape index (κ2) is 11.5. The van der Waals surface area contributed by atoms with Gasteiger partial charge in [-0.1, -0.05) is 6.07 Å². The molecule has 0 aromatic carbocycles. The van der Waals surface area contributed by atoms with Crippen molar-refractivity contribution in [3.8, 4) is 0 Å².